The van der Waals surface area contributed by atoms with E-state index >= 15 is 0 Å². The van der Waals surface area contributed by atoms with Crippen molar-refractivity contribution < 1.29 is 14.3 Å². The van der Waals surface area contributed by atoms with Gasteiger partial charge in [-0.1, -0.05) is 36.4 Å². The molecule has 3 aromatic rings. The topological polar surface area (TPSA) is 59.9 Å². The fourth-order valence-corrected chi connectivity index (χ4v) is 3.77. The number of hydrazone groups is 1. The zero-order chi connectivity index (χ0) is 19.5. The van der Waals surface area contributed by atoms with Crippen molar-refractivity contribution in [1.29, 1.82) is 0 Å². The Bertz CT molecular complexity index is 1060. The number of methoxy groups -OCH3 is 2. The molecule has 1 aliphatic carbocycles. The van der Waals surface area contributed by atoms with Gasteiger partial charge in [-0.25, -0.2) is 5.43 Å². The molecule has 0 aliphatic heterocycles. The molecular weight excluding hydrogens is 352 g/mol. The molecule has 0 fully saturated rings. The summed E-state index contributed by atoms with van der Waals surface area (Å²) in [7, 11) is 3.16. The first-order chi connectivity index (χ1) is 13.7. The number of nitrogens with one attached hydrogen (secondary N) is 1. The third-order valence-corrected chi connectivity index (χ3v) is 5.12. The molecule has 5 heteroatoms. The van der Waals surface area contributed by atoms with Crippen LogP contribution in [0.15, 0.2) is 53.6 Å². The van der Waals surface area contributed by atoms with Crippen LogP contribution in [0.2, 0.25) is 0 Å². The third kappa shape index (κ3) is 3.43. The lowest BCUT2D eigenvalue weighted by molar-refractivity contribution is -0.120. The van der Waals surface area contributed by atoms with Crippen molar-refractivity contribution >= 4 is 22.9 Å². The SMILES string of the molecule is COc1ccc(CC(=O)N/N=C\c2ccc3c4c(cccc24)CC3)cc1OC. The van der Waals surface area contributed by atoms with E-state index in [1.807, 2.05) is 6.07 Å². The molecule has 0 radical (unpaired) electrons. The molecule has 1 aliphatic rings. The Labute approximate surface area is 164 Å². The van der Waals surface area contributed by atoms with Gasteiger partial charge in [0.1, 0.15) is 0 Å². The van der Waals surface area contributed by atoms with Gasteiger partial charge in [-0.3, -0.25) is 4.79 Å². The predicted octanol–water partition coefficient (Wildman–Crippen LogP) is 3.65. The van der Waals surface area contributed by atoms with Crippen molar-refractivity contribution in [2.24, 2.45) is 5.10 Å². The number of rotatable bonds is 6. The van der Waals surface area contributed by atoms with Crippen LogP contribution in [0.4, 0.5) is 0 Å². The van der Waals surface area contributed by atoms with Gasteiger partial charge in [0.05, 0.1) is 26.9 Å². The van der Waals surface area contributed by atoms with Crippen LogP contribution in [-0.4, -0.2) is 26.3 Å². The number of carbonyl (C=O) groups excluding carboxylic acids is 1. The number of hydrogen-bond donors (Lipinski definition) is 1. The number of amides is 1. The molecule has 5 nitrogen and oxygen atoms in total. The molecule has 0 aromatic heterocycles. The van der Waals surface area contributed by atoms with E-state index in [9.17, 15) is 4.79 Å². The Hall–Kier alpha value is -3.34. The van der Waals surface area contributed by atoms with E-state index in [1.54, 1.807) is 32.6 Å². The third-order valence-electron chi connectivity index (χ3n) is 5.12. The summed E-state index contributed by atoms with van der Waals surface area (Å²) in [6.45, 7) is 0. The first-order valence-electron chi connectivity index (χ1n) is 9.26. The van der Waals surface area contributed by atoms with E-state index in [-0.39, 0.29) is 12.3 Å². The molecule has 0 bridgehead atoms. The van der Waals surface area contributed by atoms with Gasteiger partial charge in [-0.2, -0.15) is 5.10 Å². The van der Waals surface area contributed by atoms with Gasteiger partial charge in [0.2, 0.25) is 5.91 Å². The Morgan fingerprint density at radius 3 is 2.61 bits per heavy atom. The Morgan fingerprint density at radius 2 is 1.82 bits per heavy atom. The van der Waals surface area contributed by atoms with Gasteiger partial charge in [0.15, 0.2) is 11.5 Å². The average molecular weight is 374 g/mol. The minimum absolute atomic E-state index is 0.186. The first-order valence-corrected chi connectivity index (χ1v) is 9.26. The maximum atomic E-state index is 12.2. The minimum atomic E-state index is -0.186. The van der Waals surface area contributed by atoms with Crippen molar-refractivity contribution in [3.63, 3.8) is 0 Å². The molecule has 0 saturated carbocycles. The van der Waals surface area contributed by atoms with E-state index in [1.165, 1.54) is 21.9 Å². The smallest absolute Gasteiger partial charge is 0.244 e. The van der Waals surface area contributed by atoms with Crippen molar-refractivity contribution in [1.82, 2.24) is 5.43 Å². The molecular formula is C23H22N2O3. The molecule has 3 aromatic carbocycles. The van der Waals surface area contributed by atoms with Gasteiger partial charge < -0.3 is 9.47 Å². The molecule has 142 valence electrons. The maximum Gasteiger partial charge on any atom is 0.244 e. The molecule has 0 unspecified atom stereocenters. The standard InChI is InChI=1S/C23H22N2O3/c1-27-20-11-6-15(12-21(20)28-2)13-22(26)25-24-14-18-10-9-17-8-7-16-4-3-5-19(18)23(16)17/h3-6,9-12,14H,7-8,13H2,1-2H3,(H,25,26)/b24-14-. The maximum absolute atomic E-state index is 12.2. The van der Waals surface area contributed by atoms with Crippen molar-refractivity contribution in [2.45, 2.75) is 19.3 Å². The Balaban J connectivity index is 1.46. The van der Waals surface area contributed by atoms with E-state index in [4.69, 9.17) is 9.47 Å². The number of benzene rings is 3. The van der Waals surface area contributed by atoms with Crippen LogP contribution >= 0.6 is 0 Å². The molecule has 4 rings (SSSR count). The second-order valence-corrected chi connectivity index (χ2v) is 6.81. The van der Waals surface area contributed by atoms with E-state index in [0.29, 0.717) is 11.5 Å². The van der Waals surface area contributed by atoms with Crippen LogP contribution in [0.1, 0.15) is 22.3 Å². The summed E-state index contributed by atoms with van der Waals surface area (Å²) in [5, 5.41) is 6.69. The lowest BCUT2D eigenvalue weighted by atomic mass is 10.0. The number of hydrogen-bond acceptors (Lipinski definition) is 4. The van der Waals surface area contributed by atoms with Gasteiger partial charge in [-0.15, -0.1) is 0 Å². The van der Waals surface area contributed by atoms with Crippen molar-refractivity contribution in [3.05, 3.63) is 70.8 Å². The largest absolute Gasteiger partial charge is 0.493 e. The Kier molecular flexibility index (Phi) is 4.98. The zero-order valence-corrected chi connectivity index (χ0v) is 16.0. The second-order valence-electron chi connectivity index (χ2n) is 6.81. The quantitative estimate of drug-likeness (QED) is 0.529. The highest BCUT2D eigenvalue weighted by atomic mass is 16.5. The van der Waals surface area contributed by atoms with Gasteiger partial charge in [0, 0.05) is 5.56 Å². The van der Waals surface area contributed by atoms with Crippen LogP contribution in [0.25, 0.3) is 10.8 Å². The predicted molar refractivity (Wildman–Crippen MR) is 110 cm³/mol. The Morgan fingerprint density at radius 1 is 1.04 bits per heavy atom. The second kappa shape index (κ2) is 7.72. The lowest BCUT2D eigenvalue weighted by Crippen LogP contribution is -2.19. The first kappa shape index (κ1) is 18.0. The molecule has 1 amide bonds. The lowest BCUT2D eigenvalue weighted by Gasteiger charge is -2.09. The summed E-state index contributed by atoms with van der Waals surface area (Å²) < 4.78 is 10.5. The molecule has 0 heterocycles. The minimum Gasteiger partial charge on any atom is -0.493 e. The molecule has 1 N–H and O–H groups in total. The summed E-state index contributed by atoms with van der Waals surface area (Å²) in [6.07, 6.45) is 4.11. The van der Waals surface area contributed by atoms with Gasteiger partial charge >= 0.3 is 0 Å². The van der Waals surface area contributed by atoms with Crippen LogP contribution < -0.4 is 14.9 Å². The zero-order valence-electron chi connectivity index (χ0n) is 16.0. The van der Waals surface area contributed by atoms with Gasteiger partial charge in [-0.05, 0) is 52.4 Å². The monoisotopic (exact) mass is 374 g/mol. The number of nitrogens with zero attached hydrogens (tertiary/aromatic N) is 1. The van der Waals surface area contributed by atoms with Crippen molar-refractivity contribution in [2.75, 3.05) is 14.2 Å². The summed E-state index contributed by atoms with van der Waals surface area (Å²) >= 11 is 0. The number of aryl methyl sites for hydroxylation is 2. The van der Waals surface area contributed by atoms with E-state index < -0.39 is 0 Å². The highest BCUT2D eigenvalue weighted by Gasteiger charge is 2.15. The fourth-order valence-electron chi connectivity index (χ4n) is 3.77. The average Bonchev–Trinajstić information content (AvgIpc) is 3.14. The highest BCUT2D eigenvalue weighted by molar-refractivity contribution is 6.03. The summed E-state index contributed by atoms with van der Waals surface area (Å²) in [6, 6.07) is 16.0. The molecule has 28 heavy (non-hydrogen) atoms. The summed E-state index contributed by atoms with van der Waals surface area (Å²) in [4.78, 5) is 12.2. The van der Waals surface area contributed by atoms with Crippen LogP contribution in [-0.2, 0) is 24.1 Å². The van der Waals surface area contributed by atoms with E-state index in [2.05, 4.69) is 40.9 Å². The van der Waals surface area contributed by atoms with Crippen LogP contribution in [0.5, 0.6) is 11.5 Å². The van der Waals surface area contributed by atoms with Crippen molar-refractivity contribution in [3.8, 4) is 11.5 Å². The summed E-state index contributed by atoms with van der Waals surface area (Å²) in [5.74, 6) is 1.05. The van der Waals surface area contributed by atoms with E-state index in [0.717, 1.165) is 24.0 Å². The van der Waals surface area contributed by atoms with Gasteiger partial charge in [0.25, 0.3) is 0 Å². The number of carbonyl (C=O) groups is 1. The molecule has 0 spiro atoms. The normalized spacial score (nSPS) is 12.5. The molecule has 0 atom stereocenters. The molecule has 0 saturated heterocycles. The van der Waals surface area contributed by atoms with Crippen LogP contribution in [0, 0.1) is 0 Å². The highest BCUT2D eigenvalue weighted by Crippen LogP contribution is 2.32. The van der Waals surface area contributed by atoms with Crippen LogP contribution in [0.3, 0.4) is 0 Å². The summed E-state index contributed by atoms with van der Waals surface area (Å²) in [5.41, 5.74) is 7.23. The fraction of sp³-hybridized carbons (Fsp3) is 0.217. The number of ether oxygens (including phenoxy) is 2.